The molecule has 74 valence electrons. The summed E-state index contributed by atoms with van der Waals surface area (Å²) < 4.78 is 0. The fourth-order valence-electron chi connectivity index (χ4n) is 1.06. The molecule has 1 aromatic rings. The van der Waals surface area contributed by atoms with E-state index in [0.29, 0.717) is 6.42 Å². The largest absolute Gasteiger partial charge is 0.502 e. The summed E-state index contributed by atoms with van der Waals surface area (Å²) in [4.78, 5) is 20.8. The van der Waals surface area contributed by atoms with Gasteiger partial charge in [0.05, 0.1) is 4.92 Å². The van der Waals surface area contributed by atoms with Gasteiger partial charge in [0.2, 0.25) is 0 Å². The van der Waals surface area contributed by atoms with Gasteiger partial charge < -0.3 is 5.11 Å². The minimum atomic E-state index is -0.699. The predicted octanol–water partition coefficient (Wildman–Crippen LogP) is 1.89. The Hall–Kier alpha value is -1.91. The van der Waals surface area contributed by atoms with Gasteiger partial charge in [-0.3, -0.25) is 14.9 Å². The van der Waals surface area contributed by atoms with Crippen LogP contribution in [-0.4, -0.2) is 15.8 Å². The molecule has 1 aromatic carbocycles. The first-order chi connectivity index (χ1) is 6.56. The van der Waals surface area contributed by atoms with Crippen LogP contribution in [0.1, 0.15) is 23.7 Å². The lowest BCUT2D eigenvalue weighted by Crippen LogP contribution is -1.97. The molecule has 0 fully saturated rings. The number of hydrogen-bond acceptors (Lipinski definition) is 4. The van der Waals surface area contributed by atoms with Crippen LogP contribution in [0.5, 0.6) is 5.75 Å². The van der Waals surface area contributed by atoms with Crippen molar-refractivity contribution in [1.29, 1.82) is 0 Å². The molecule has 0 saturated carbocycles. The maximum Gasteiger partial charge on any atom is 0.310 e. The monoisotopic (exact) mass is 195 g/mol. The van der Waals surface area contributed by atoms with Crippen molar-refractivity contribution in [3.05, 3.63) is 33.9 Å². The number of phenols is 1. The quantitative estimate of drug-likeness (QED) is 0.453. The fraction of sp³-hybridized carbons (Fsp3) is 0.222. The van der Waals surface area contributed by atoms with E-state index < -0.39 is 16.4 Å². The maximum absolute atomic E-state index is 11.2. The van der Waals surface area contributed by atoms with Crippen LogP contribution in [0.4, 0.5) is 5.69 Å². The Morgan fingerprint density at radius 1 is 1.57 bits per heavy atom. The first-order valence-electron chi connectivity index (χ1n) is 4.07. The molecule has 0 spiro atoms. The van der Waals surface area contributed by atoms with Gasteiger partial charge in [-0.1, -0.05) is 6.92 Å². The first kappa shape index (κ1) is 10.2. The summed E-state index contributed by atoms with van der Waals surface area (Å²) >= 11 is 0. The van der Waals surface area contributed by atoms with E-state index in [0.717, 1.165) is 12.1 Å². The molecule has 1 rings (SSSR count). The second kappa shape index (κ2) is 3.87. The van der Waals surface area contributed by atoms with Gasteiger partial charge in [0, 0.05) is 18.1 Å². The van der Waals surface area contributed by atoms with Crippen molar-refractivity contribution in [2.75, 3.05) is 0 Å². The van der Waals surface area contributed by atoms with Gasteiger partial charge >= 0.3 is 5.69 Å². The lowest BCUT2D eigenvalue weighted by atomic mass is 10.1. The smallest absolute Gasteiger partial charge is 0.310 e. The number of phenolic OH excluding ortho intramolecular Hbond substituents is 1. The molecule has 0 heterocycles. The molecule has 5 heteroatoms. The minimum Gasteiger partial charge on any atom is -0.502 e. The summed E-state index contributed by atoms with van der Waals surface area (Å²) in [7, 11) is 0. The average molecular weight is 195 g/mol. The van der Waals surface area contributed by atoms with Gasteiger partial charge in [0.25, 0.3) is 0 Å². The van der Waals surface area contributed by atoms with Gasteiger partial charge in [-0.2, -0.15) is 0 Å². The van der Waals surface area contributed by atoms with Crippen LogP contribution >= 0.6 is 0 Å². The van der Waals surface area contributed by atoms with Crippen molar-refractivity contribution in [3.63, 3.8) is 0 Å². The van der Waals surface area contributed by atoms with E-state index in [9.17, 15) is 20.0 Å². The third kappa shape index (κ3) is 1.87. The predicted molar refractivity (Wildman–Crippen MR) is 49.4 cm³/mol. The zero-order valence-corrected chi connectivity index (χ0v) is 7.56. The molecule has 1 N–H and O–H groups in total. The molecule has 0 unspecified atom stereocenters. The lowest BCUT2D eigenvalue weighted by molar-refractivity contribution is -0.385. The highest BCUT2D eigenvalue weighted by molar-refractivity contribution is 5.96. The highest BCUT2D eigenvalue weighted by Crippen LogP contribution is 2.26. The summed E-state index contributed by atoms with van der Waals surface area (Å²) in [5.41, 5.74) is -0.103. The van der Waals surface area contributed by atoms with Crippen molar-refractivity contribution < 1.29 is 14.8 Å². The Balaban J connectivity index is 3.12. The molecular formula is C9H9NO4. The molecule has 0 aromatic heterocycles. The minimum absolute atomic E-state index is 0.157. The van der Waals surface area contributed by atoms with Crippen LogP contribution in [0.2, 0.25) is 0 Å². The van der Waals surface area contributed by atoms with Crippen molar-refractivity contribution in [2.24, 2.45) is 0 Å². The number of ketones is 1. The van der Waals surface area contributed by atoms with Gasteiger partial charge in [0.15, 0.2) is 11.5 Å². The topological polar surface area (TPSA) is 80.4 Å². The van der Waals surface area contributed by atoms with Gasteiger partial charge in [0.1, 0.15) is 0 Å². The normalized spacial score (nSPS) is 9.79. The van der Waals surface area contributed by atoms with Crippen LogP contribution in [0, 0.1) is 10.1 Å². The third-order valence-corrected chi connectivity index (χ3v) is 1.82. The number of nitrogens with zero attached hydrogens (tertiary/aromatic N) is 1. The second-order valence-electron chi connectivity index (χ2n) is 2.74. The lowest BCUT2D eigenvalue weighted by Gasteiger charge is -1.99. The number of Topliss-reactive ketones (excluding diaryl/α,β-unsaturated/α-hetero) is 1. The number of aromatic hydroxyl groups is 1. The van der Waals surface area contributed by atoms with E-state index in [1.54, 1.807) is 6.92 Å². The molecule has 0 saturated heterocycles. The van der Waals surface area contributed by atoms with Gasteiger partial charge in [-0.05, 0) is 12.1 Å². The maximum atomic E-state index is 11.2. The Labute approximate surface area is 80.1 Å². The zero-order valence-electron chi connectivity index (χ0n) is 7.56. The number of benzene rings is 1. The molecule has 0 aliphatic carbocycles. The van der Waals surface area contributed by atoms with E-state index in [-0.39, 0.29) is 11.3 Å². The number of carbonyl (C=O) groups is 1. The number of rotatable bonds is 3. The van der Waals surface area contributed by atoms with E-state index in [2.05, 4.69) is 0 Å². The highest BCUT2D eigenvalue weighted by Gasteiger charge is 2.14. The standard InChI is InChI=1S/C9H9NO4/c1-2-8(11)6-3-4-7(10(13)14)9(12)5-6/h3-5,12H,2H2,1H3. The molecule has 14 heavy (non-hydrogen) atoms. The summed E-state index contributed by atoms with van der Waals surface area (Å²) in [6, 6.07) is 3.58. The first-order valence-corrected chi connectivity index (χ1v) is 4.07. The zero-order chi connectivity index (χ0) is 10.7. The SMILES string of the molecule is CCC(=O)c1ccc([N+](=O)[O-])c(O)c1. The molecule has 5 nitrogen and oxygen atoms in total. The molecule has 0 aliphatic rings. The van der Waals surface area contributed by atoms with E-state index in [1.807, 2.05) is 0 Å². The van der Waals surface area contributed by atoms with Crippen molar-refractivity contribution >= 4 is 11.5 Å². The number of nitro groups is 1. The Morgan fingerprint density at radius 3 is 2.64 bits per heavy atom. The summed E-state index contributed by atoms with van der Waals surface area (Å²) in [6.07, 6.45) is 0.303. The van der Waals surface area contributed by atoms with Gasteiger partial charge in [-0.15, -0.1) is 0 Å². The Bertz CT molecular complexity index is 386. The van der Waals surface area contributed by atoms with Crippen LogP contribution < -0.4 is 0 Å². The van der Waals surface area contributed by atoms with E-state index in [4.69, 9.17) is 0 Å². The Kier molecular flexibility index (Phi) is 2.81. The van der Waals surface area contributed by atoms with Gasteiger partial charge in [-0.25, -0.2) is 0 Å². The fourth-order valence-corrected chi connectivity index (χ4v) is 1.06. The summed E-state index contributed by atoms with van der Waals surface area (Å²) in [6.45, 7) is 1.68. The second-order valence-corrected chi connectivity index (χ2v) is 2.74. The Morgan fingerprint density at radius 2 is 2.21 bits per heavy atom. The summed E-state index contributed by atoms with van der Waals surface area (Å²) in [5, 5.41) is 19.5. The van der Waals surface area contributed by atoms with Crippen LogP contribution in [0.15, 0.2) is 18.2 Å². The van der Waals surface area contributed by atoms with Crippen molar-refractivity contribution in [3.8, 4) is 5.75 Å². The van der Waals surface area contributed by atoms with Crippen molar-refractivity contribution in [2.45, 2.75) is 13.3 Å². The van der Waals surface area contributed by atoms with Crippen molar-refractivity contribution in [1.82, 2.24) is 0 Å². The number of carbonyl (C=O) groups excluding carboxylic acids is 1. The molecule has 0 radical (unpaired) electrons. The number of hydrogen-bond donors (Lipinski definition) is 1. The number of nitro benzene ring substituents is 1. The van der Waals surface area contributed by atoms with E-state index >= 15 is 0 Å². The van der Waals surface area contributed by atoms with Crippen LogP contribution in [0.25, 0.3) is 0 Å². The third-order valence-electron chi connectivity index (χ3n) is 1.82. The molecule has 0 amide bonds. The molecule has 0 bridgehead atoms. The molecular weight excluding hydrogens is 186 g/mol. The van der Waals surface area contributed by atoms with Crippen LogP contribution in [-0.2, 0) is 0 Å². The van der Waals surface area contributed by atoms with E-state index in [1.165, 1.54) is 6.07 Å². The molecule has 0 aliphatic heterocycles. The summed E-state index contributed by atoms with van der Waals surface area (Å²) in [5.74, 6) is -0.635. The molecule has 0 atom stereocenters. The average Bonchev–Trinajstić information content (AvgIpc) is 2.15. The van der Waals surface area contributed by atoms with Crippen LogP contribution in [0.3, 0.4) is 0 Å². The highest BCUT2D eigenvalue weighted by atomic mass is 16.6.